The van der Waals surface area contributed by atoms with Crippen molar-refractivity contribution in [1.82, 2.24) is 0 Å². The normalized spacial score (nSPS) is 15.9. The number of rotatable bonds is 4. The molecule has 4 rings (SSSR count). The van der Waals surface area contributed by atoms with Crippen LogP contribution >= 0.6 is 11.3 Å². The summed E-state index contributed by atoms with van der Waals surface area (Å²) in [6.45, 7) is 0. The van der Waals surface area contributed by atoms with E-state index in [1.165, 1.54) is 19.2 Å². The molecule has 3 aromatic rings. The molecule has 0 spiro atoms. The Hall–Kier alpha value is -3.33. The maximum Gasteiger partial charge on any atom is 0.416 e. The molecule has 0 radical (unpaired) electrons. The van der Waals surface area contributed by atoms with Crippen molar-refractivity contribution in [3.05, 3.63) is 69.4 Å². The van der Waals surface area contributed by atoms with Crippen molar-refractivity contribution >= 4 is 28.9 Å². The van der Waals surface area contributed by atoms with Gasteiger partial charge in [-0.1, -0.05) is 24.3 Å². The molecule has 5 nitrogen and oxygen atoms in total. The Labute approximate surface area is 179 Å². The lowest BCUT2D eigenvalue weighted by atomic mass is 9.88. The molecule has 2 aromatic carbocycles. The molecule has 0 bridgehead atoms. The molecule has 160 valence electrons. The molecule has 2 N–H and O–H groups in total. The first kappa shape index (κ1) is 20.9. The van der Waals surface area contributed by atoms with Crippen LogP contribution in [-0.4, -0.2) is 24.1 Å². The lowest BCUT2D eigenvalue weighted by molar-refractivity contribution is -0.137. The van der Waals surface area contributed by atoms with Gasteiger partial charge in [0.1, 0.15) is 10.6 Å². The first-order valence-corrected chi connectivity index (χ1v) is 10.0. The second-order valence-corrected chi connectivity index (χ2v) is 8.06. The Kier molecular flexibility index (Phi) is 5.22. The van der Waals surface area contributed by atoms with Gasteiger partial charge in [0.25, 0.3) is 0 Å². The van der Waals surface area contributed by atoms with Crippen LogP contribution in [0.15, 0.2) is 48.5 Å². The Morgan fingerprint density at radius 3 is 2.32 bits per heavy atom. The molecule has 31 heavy (non-hydrogen) atoms. The van der Waals surface area contributed by atoms with Crippen LogP contribution in [0.25, 0.3) is 11.1 Å². The lowest BCUT2D eigenvalue weighted by Crippen LogP contribution is -2.22. The van der Waals surface area contributed by atoms with E-state index in [1.54, 1.807) is 24.3 Å². The summed E-state index contributed by atoms with van der Waals surface area (Å²) in [6.07, 6.45) is -4.45. The van der Waals surface area contributed by atoms with Gasteiger partial charge in [-0.05, 0) is 35.4 Å². The largest absolute Gasteiger partial charge is 0.497 e. The van der Waals surface area contributed by atoms with Crippen LogP contribution in [-0.2, 0) is 11.0 Å². The van der Waals surface area contributed by atoms with Crippen LogP contribution in [0, 0.1) is 0 Å². The molecule has 0 saturated heterocycles. The van der Waals surface area contributed by atoms with E-state index >= 15 is 0 Å². The minimum atomic E-state index is -4.46. The average Bonchev–Trinajstić information content (AvgIpc) is 3.12. The van der Waals surface area contributed by atoms with E-state index < -0.39 is 23.6 Å². The number of nitrogens with one attached hydrogen (secondary N) is 1. The number of fused-ring (bicyclic) bond motifs is 1. The van der Waals surface area contributed by atoms with Gasteiger partial charge in [-0.3, -0.25) is 4.79 Å². The highest BCUT2D eigenvalue weighted by Gasteiger charge is 2.35. The van der Waals surface area contributed by atoms with Crippen molar-refractivity contribution in [3.63, 3.8) is 0 Å². The van der Waals surface area contributed by atoms with E-state index in [4.69, 9.17) is 4.74 Å². The predicted octanol–water partition coefficient (Wildman–Crippen LogP) is 5.61. The zero-order valence-corrected chi connectivity index (χ0v) is 16.9. The van der Waals surface area contributed by atoms with Gasteiger partial charge < -0.3 is 15.2 Å². The van der Waals surface area contributed by atoms with E-state index in [9.17, 15) is 27.9 Å². The minimum absolute atomic E-state index is 0.0139. The summed E-state index contributed by atoms with van der Waals surface area (Å²) in [5.74, 6) is -1.43. The Morgan fingerprint density at radius 2 is 1.77 bits per heavy atom. The third-order valence-electron chi connectivity index (χ3n) is 5.12. The van der Waals surface area contributed by atoms with Crippen molar-refractivity contribution in [2.75, 3.05) is 12.4 Å². The van der Waals surface area contributed by atoms with Crippen molar-refractivity contribution in [3.8, 4) is 16.9 Å². The maximum absolute atomic E-state index is 12.9. The smallest absolute Gasteiger partial charge is 0.416 e. The molecule has 1 aromatic heterocycles. The van der Waals surface area contributed by atoms with E-state index in [-0.39, 0.29) is 17.2 Å². The number of halogens is 3. The number of thiophene rings is 1. The topological polar surface area (TPSA) is 75.6 Å². The summed E-state index contributed by atoms with van der Waals surface area (Å²) in [5, 5.41) is 12.5. The molecule has 1 aliphatic heterocycles. The fourth-order valence-electron chi connectivity index (χ4n) is 3.64. The van der Waals surface area contributed by atoms with E-state index in [2.05, 4.69) is 5.32 Å². The summed E-state index contributed by atoms with van der Waals surface area (Å²) in [5.41, 5.74) is 1.08. The summed E-state index contributed by atoms with van der Waals surface area (Å²) in [7, 11) is 1.51. The van der Waals surface area contributed by atoms with Gasteiger partial charge in [0.2, 0.25) is 5.91 Å². The number of hydrogen-bond donors (Lipinski definition) is 2. The molecular formula is C22H16F3NO4S. The maximum atomic E-state index is 12.9. The molecule has 1 atom stereocenters. The van der Waals surface area contributed by atoms with Gasteiger partial charge in [-0.2, -0.15) is 13.2 Å². The van der Waals surface area contributed by atoms with Gasteiger partial charge >= 0.3 is 12.1 Å². The van der Waals surface area contributed by atoms with Crippen molar-refractivity contribution < 1.29 is 32.6 Å². The zero-order chi connectivity index (χ0) is 22.3. The average molecular weight is 447 g/mol. The number of methoxy groups -OCH3 is 1. The fraction of sp³-hybridized carbons (Fsp3) is 0.182. The summed E-state index contributed by atoms with van der Waals surface area (Å²) in [6, 6.07) is 11.4. The van der Waals surface area contributed by atoms with Crippen LogP contribution in [0.5, 0.6) is 5.75 Å². The van der Waals surface area contributed by atoms with Crippen molar-refractivity contribution in [2.24, 2.45) is 0 Å². The van der Waals surface area contributed by atoms with Gasteiger partial charge in [0.15, 0.2) is 0 Å². The van der Waals surface area contributed by atoms with Crippen LogP contribution in [0.3, 0.4) is 0 Å². The third-order valence-corrected chi connectivity index (χ3v) is 6.41. The monoisotopic (exact) mass is 447 g/mol. The molecule has 1 amide bonds. The molecule has 0 saturated carbocycles. The fourth-order valence-corrected chi connectivity index (χ4v) is 4.89. The van der Waals surface area contributed by atoms with Crippen molar-refractivity contribution in [1.29, 1.82) is 0 Å². The molecule has 9 heteroatoms. The quantitative estimate of drug-likeness (QED) is 0.545. The van der Waals surface area contributed by atoms with Gasteiger partial charge in [-0.25, -0.2) is 4.79 Å². The zero-order valence-electron chi connectivity index (χ0n) is 16.1. The number of hydrogen-bond acceptors (Lipinski definition) is 4. The number of aromatic carboxylic acids is 1. The van der Waals surface area contributed by atoms with E-state index in [0.717, 1.165) is 23.5 Å². The van der Waals surface area contributed by atoms with Crippen LogP contribution in [0.1, 0.15) is 38.0 Å². The number of carbonyl (C=O) groups excluding carboxylic acids is 1. The van der Waals surface area contributed by atoms with Crippen molar-refractivity contribution in [2.45, 2.75) is 18.5 Å². The van der Waals surface area contributed by atoms with Crippen LogP contribution in [0.4, 0.5) is 18.9 Å². The Morgan fingerprint density at radius 1 is 1.13 bits per heavy atom. The molecule has 1 aliphatic rings. The van der Waals surface area contributed by atoms with Gasteiger partial charge in [-0.15, -0.1) is 11.3 Å². The first-order valence-electron chi connectivity index (χ1n) is 9.20. The number of carboxylic acids is 1. The number of anilines is 1. The Balaban J connectivity index is 1.84. The second kappa shape index (κ2) is 7.73. The Bertz CT molecular complexity index is 1150. The molecule has 0 aliphatic carbocycles. The van der Waals surface area contributed by atoms with Gasteiger partial charge in [0.05, 0.1) is 18.4 Å². The molecule has 2 heterocycles. The highest BCUT2D eigenvalue weighted by atomic mass is 32.1. The molecular weight excluding hydrogens is 431 g/mol. The third kappa shape index (κ3) is 3.88. The predicted molar refractivity (Wildman–Crippen MR) is 110 cm³/mol. The minimum Gasteiger partial charge on any atom is -0.497 e. The number of amides is 1. The number of carbonyl (C=O) groups is 2. The lowest BCUT2D eigenvalue weighted by Gasteiger charge is -2.24. The first-order chi connectivity index (χ1) is 14.7. The number of alkyl halides is 3. The van der Waals surface area contributed by atoms with E-state index in [0.29, 0.717) is 33.0 Å². The highest BCUT2D eigenvalue weighted by molar-refractivity contribution is 7.15. The summed E-state index contributed by atoms with van der Waals surface area (Å²) >= 11 is 1.02. The van der Waals surface area contributed by atoms with E-state index in [1.807, 2.05) is 0 Å². The number of benzene rings is 2. The number of carboxylic acid groups (broad SMARTS) is 1. The summed E-state index contributed by atoms with van der Waals surface area (Å²) < 4.78 is 43.9. The molecule has 1 unspecified atom stereocenters. The standard InChI is InChI=1S/C22H16F3NO4S/c1-30-14-8-4-12(5-9-14)17-18-19(31-20(17)21(28)29)15(10-16(27)26-18)11-2-6-13(7-3-11)22(23,24)25/h2-9,15H,10H2,1H3,(H,26,27)(H,28,29). The SMILES string of the molecule is COc1ccc(-c2c(C(=O)O)sc3c2NC(=O)CC3c2ccc(C(F)(F)F)cc2)cc1. The second-order valence-electron chi connectivity index (χ2n) is 7.00. The van der Waals surface area contributed by atoms with Crippen LogP contribution in [0.2, 0.25) is 0 Å². The summed E-state index contributed by atoms with van der Waals surface area (Å²) in [4.78, 5) is 25.1. The highest BCUT2D eigenvalue weighted by Crippen LogP contribution is 2.49. The molecule has 0 fully saturated rings. The van der Waals surface area contributed by atoms with Crippen LogP contribution < -0.4 is 10.1 Å². The number of ether oxygens (including phenoxy) is 1. The van der Waals surface area contributed by atoms with Gasteiger partial charge in [0, 0.05) is 22.8 Å².